The molecule has 37 heavy (non-hydrogen) atoms. The van der Waals surface area contributed by atoms with E-state index in [-0.39, 0.29) is 0 Å². The average Bonchev–Trinajstić information content (AvgIpc) is 2.94. The van der Waals surface area contributed by atoms with Crippen LogP contribution in [0.5, 0.6) is 11.5 Å². The zero-order chi connectivity index (χ0) is 26.0. The summed E-state index contributed by atoms with van der Waals surface area (Å²) >= 11 is 0. The predicted octanol–water partition coefficient (Wildman–Crippen LogP) is 11.2. The van der Waals surface area contributed by atoms with Crippen LogP contribution in [0.4, 0.5) is 0 Å². The summed E-state index contributed by atoms with van der Waals surface area (Å²) in [4.78, 5) is 0. The molecule has 0 atom stereocenters. The van der Waals surface area contributed by atoms with Gasteiger partial charge in [0.15, 0.2) is 0 Å². The monoisotopic (exact) mass is 512 g/mol. The van der Waals surface area contributed by atoms with Gasteiger partial charge in [0.1, 0.15) is 11.5 Å². The van der Waals surface area contributed by atoms with Gasteiger partial charge in [-0.2, -0.15) is 0 Å². The van der Waals surface area contributed by atoms with E-state index < -0.39 is 0 Å². The van der Waals surface area contributed by atoms with Crippen molar-refractivity contribution in [3.8, 4) is 11.5 Å². The molecule has 0 N–H and O–H groups in total. The van der Waals surface area contributed by atoms with Gasteiger partial charge >= 0.3 is 0 Å². The number of hydrogen-bond donors (Lipinski definition) is 0. The largest absolute Gasteiger partial charge is 0.494 e. The van der Waals surface area contributed by atoms with Gasteiger partial charge in [-0.05, 0) is 73.6 Å². The van der Waals surface area contributed by atoms with Crippen LogP contribution in [0.1, 0.15) is 149 Å². The van der Waals surface area contributed by atoms with Gasteiger partial charge in [0, 0.05) is 0 Å². The lowest BCUT2D eigenvalue weighted by Crippen LogP contribution is -2.20. The minimum absolute atomic E-state index is 0.739. The molecular weight excluding hydrogens is 452 g/mol. The van der Waals surface area contributed by atoms with E-state index in [1.54, 1.807) is 0 Å². The van der Waals surface area contributed by atoms with Gasteiger partial charge in [0.2, 0.25) is 0 Å². The van der Waals surface area contributed by atoms with Crippen LogP contribution in [0, 0.1) is 23.7 Å². The Morgan fingerprint density at radius 3 is 1.41 bits per heavy atom. The second kappa shape index (κ2) is 19.0. The van der Waals surface area contributed by atoms with E-state index >= 15 is 0 Å². The third-order valence-corrected chi connectivity index (χ3v) is 9.45. The molecule has 2 aliphatic rings. The zero-order valence-electron chi connectivity index (χ0n) is 24.7. The summed E-state index contributed by atoms with van der Waals surface area (Å²) in [5.74, 6) is 5.66. The van der Waals surface area contributed by atoms with Crippen LogP contribution in [0.25, 0.3) is 0 Å². The van der Waals surface area contributed by atoms with Gasteiger partial charge in [-0.15, -0.1) is 0 Å². The maximum absolute atomic E-state index is 6.16. The fraction of sp³-hybridized carbons (Fsp3) is 0.829. The standard InChI is InChI=1S/C35H60O2/c1-3-5-7-9-11-14-31-20-22-33(23-21-31)29-37-35-26-24-34(25-27-35)36-28-12-15-32-18-16-30(17-19-32)13-10-8-6-4-2/h24-27,30-33H,3-23,28-29H2,1-2H3. The van der Waals surface area contributed by atoms with E-state index in [4.69, 9.17) is 9.47 Å². The van der Waals surface area contributed by atoms with E-state index in [0.29, 0.717) is 0 Å². The van der Waals surface area contributed by atoms with Crippen molar-refractivity contribution < 1.29 is 9.47 Å². The van der Waals surface area contributed by atoms with Gasteiger partial charge in [0.25, 0.3) is 0 Å². The normalized spacial score (nSPS) is 24.2. The second-order valence-corrected chi connectivity index (χ2v) is 12.6. The molecule has 2 aliphatic carbocycles. The van der Waals surface area contributed by atoms with Crippen LogP contribution in [0.15, 0.2) is 24.3 Å². The van der Waals surface area contributed by atoms with Crippen molar-refractivity contribution in [2.75, 3.05) is 13.2 Å². The predicted molar refractivity (Wildman–Crippen MR) is 160 cm³/mol. The molecule has 212 valence electrons. The topological polar surface area (TPSA) is 18.5 Å². The van der Waals surface area contributed by atoms with Crippen LogP contribution in [0.3, 0.4) is 0 Å². The number of unbranched alkanes of at least 4 members (excludes halogenated alkanes) is 7. The van der Waals surface area contributed by atoms with Gasteiger partial charge in [0.05, 0.1) is 13.2 Å². The second-order valence-electron chi connectivity index (χ2n) is 12.6. The van der Waals surface area contributed by atoms with Crippen LogP contribution in [-0.4, -0.2) is 13.2 Å². The Morgan fingerprint density at radius 1 is 0.486 bits per heavy atom. The molecule has 0 unspecified atom stereocenters. The van der Waals surface area contributed by atoms with Crippen LogP contribution >= 0.6 is 0 Å². The highest BCUT2D eigenvalue weighted by atomic mass is 16.5. The van der Waals surface area contributed by atoms with E-state index in [9.17, 15) is 0 Å². The molecule has 0 radical (unpaired) electrons. The molecule has 0 bridgehead atoms. The first-order valence-electron chi connectivity index (χ1n) is 16.6. The van der Waals surface area contributed by atoms with E-state index in [0.717, 1.165) is 48.4 Å². The number of rotatable bonds is 19. The Morgan fingerprint density at radius 2 is 0.892 bits per heavy atom. The van der Waals surface area contributed by atoms with E-state index in [1.807, 2.05) is 0 Å². The van der Waals surface area contributed by atoms with Crippen molar-refractivity contribution in [2.45, 2.75) is 149 Å². The van der Waals surface area contributed by atoms with Crippen molar-refractivity contribution in [1.29, 1.82) is 0 Å². The van der Waals surface area contributed by atoms with Crippen molar-refractivity contribution in [3.05, 3.63) is 24.3 Å². The lowest BCUT2D eigenvalue weighted by Gasteiger charge is -2.28. The highest BCUT2D eigenvalue weighted by molar-refractivity contribution is 5.31. The number of benzene rings is 1. The van der Waals surface area contributed by atoms with Crippen LogP contribution < -0.4 is 9.47 Å². The first-order chi connectivity index (χ1) is 18.3. The van der Waals surface area contributed by atoms with Gasteiger partial charge in [-0.3, -0.25) is 0 Å². The summed E-state index contributed by atoms with van der Waals surface area (Å²) in [5.41, 5.74) is 0. The summed E-state index contributed by atoms with van der Waals surface area (Å²) in [6.45, 7) is 6.33. The molecule has 0 saturated heterocycles. The van der Waals surface area contributed by atoms with Crippen molar-refractivity contribution in [3.63, 3.8) is 0 Å². The maximum Gasteiger partial charge on any atom is 0.119 e. The Kier molecular flexibility index (Phi) is 15.6. The SMILES string of the molecule is CCCCCCCC1CCC(COc2ccc(OCCCC3CCC(CCCCCC)CC3)cc2)CC1. The number of hydrogen-bond acceptors (Lipinski definition) is 2. The summed E-state index contributed by atoms with van der Waals surface area (Å²) in [7, 11) is 0. The minimum Gasteiger partial charge on any atom is -0.494 e. The molecule has 2 heteroatoms. The Balaban J connectivity index is 1.18. The first-order valence-corrected chi connectivity index (χ1v) is 16.6. The highest BCUT2D eigenvalue weighted by Crippen LogP contribution is 2.35. The molecule has 0 heterocycles. The zero-order valence-corrected chi connectivity index (χ0v) is 24.7. The minimum atomic E-state index is 0.739. The molecule has 0 aliphatic heterocycles. The van der Waals surface area contributed by atoms with Gasteiger partial charge in [-0.25, -0.2) is 0 Å². The summed E-state index contributed by atoms with van der Waals surface area (Å²) in [6.07, 6.45) is 29.6. The maximum atomic E-state index is 6.16. The van der Waals surface area contributed by atoms with Crippen LogP contribution in [-0.2, 0) is 0 Å². The Hall–Kier alpha value is -1.18. The molecule has 2 nitrogen and oxygen atoms in total. The van der Waals surface area contributed by atoms with Gasteiger partial charge in [-0.1, -0.05) is 123 Å². The molecule has 0 spiro atoms. The molecule has 0 amide bonds. The summed E-state index contributed by atoms with van der Waals surface area (Å²) in [5, 5.41) is 0. The van der Waals surface area contributed by atoms with Crippen LogP contribution in [0.2, 0.25) is 0 Å². The lowest BCUT2D eigenvalue weighted by atomic mass is 9.78. The molecule has 0 aromatic heterocycles. The van der Waals surface area contributed by atoms with E-state index in [1.165, 1.54) is 135 Å². The van der Waals surface area contributed by atoms with Crippen molar-refractivity contribution in [2.24, 2.45) is 23.7 Å². The number of ether oxygens (including phenoxy) is 2. The molecule has 1 aromatic rings. The van der Waals surface area contributed by atoms with Crippen molar-refractivity contribution >= 4 is 0 Å². The third-order valence-electron chi connectivity index (χ3n) is 9.45. The Bertz CT molecular complexity index is 652. The average molecular weight is 513 g/mol. The van der Waals surface area contributed by atoms with Crippen molar-refractivity contribution in [1.82, 2.24) is 0 Å². The molecule has 3 rings (SSSR count). The summed E-state index contributed by atoms with van der Waals surface area (Å²) in [6, 6.07) is 8.38. The molecule has 1 aromatic carbocycles. The van der Waals surface area contributed by atoms with E-state index in [2.05, 4.69) is 38.1 Å². The first kappa shape index (κ1) is 30.4. The molecular formula is C35H60O2. The fourth-order valence-corrected chi connectivity index (χ4v) is 6.80. The molecule has 2 saturated carbocycles. The lowest BCUT2D eigenvalue weighted by molar-refractivity contribution is 0.177. The highest BCUT2D eigenvalue weighted by Gasteiger charge is 2.22. The third kappa shape index (κ3) is 12.9. The fourth-order valence-electron chi connectivity index (χ4n) is 6.80. The Labute approximate surface area is 230 Å². The summed E-state index contributed by atoms with van der Waals surface area (Å²) < 4.78 is 12.2. The van der Waals surface area contributed by atoms with Gasteiger partial charge < -0.3 is 9.47 Å². The molecule has 2 fully saturated rings. The smallest absolute Gasteiger partial charge is 0.119 e. The quantitative estimate of drug-likeness (QED) is 0.172.